The van der Waals surface area contributed by atoms with Gasteiger partial charge < -0.3 is 0 Å². The van der Waals surface area contributed by atoms with E-state index in [0.29, 0.717) is 4.88 Å². The van der Waals surface area contributed by atoms with Crippen LogP contribution >= 0.6 is 22.9 Å². The molecule has 2 aromatic carbocycles. The molecular weight excluding hydrogens is 409 g/mol. The smallest absolute Gasteiger partial charge is 0.267 e. The van der Waals surface area contributed by atoms with Gasteiger partial charge in [0.25, 0.3) is 17.5 Å². The highest BCUT2D eigenvalue weighted by molar-refractivity contribution is 7.17. The lowest BCUT2D eigenvalue weighted by molar-refractivity contribution is -0.384. The summed E-state index contributed by atoms with van der Waals surface area (Å²) in [6, 6.07) is 12.5. The predicted octanol–water partition coefficient (Wildman–Crippen LogP) is 4.19. The van der Waals surface area contributed by atoms with Gasteiger partial charge in [0.15, 0.2) is 0 Å². The first-order valence-electron chi connectivity index (χ1n) is 7.75. The zero-order chi connectivity index (χ0) is 20.3. The third-order valence-electron chi connectivity index (χ3n) is 3.66. The van der Waals surface area contributed by atoms with E-state index in [1.165, 1.54) is 29.5 Å². The van der Waals surface area contributed by atoms with Crippen molar-refractivity contribution >= 4 is 40.4 Å². The molecule has 0 radical (unpaired) electrons. The summed E-state index contributed by atoms with van der Waals surface area (Å²) in [4.78, 5) is 35.5. The standard InChI is InChI=1S/C18H11ClFN3O4S/c19-14-9-12(23(26)27)5-6-13(14)17(24)21-22-18(25)16-8-7-15(28-16)10-1-3-11(20)4-2-10/h1-9H,(H,21,24)(H,22,25). The number of hydrazine groups is 1. The number of amides is 2. The number of benzene rings is 2. The minimum Gasteiger partial charge on any atom is -0.267 e. The van der Waals surface area contributed by atoms with Gasteiger partial charge in [-0.2, -0.15) is 0 Å². The van der Waals surface area contributed by atoms with Crippen molar-refractivity contribution in [3.8, 4) is 10.4 Å². The minimum absolute atomic E-state index is 0.0225. The van der Waals surface area contributed by atoms with Crippen LogP contribution in [0, 0.1) is 15.9 Å². The molecule has 2 N–H and O–H groups in total. The van der Waals surface area contributed by atoms with Gasteiger partial charge in [-0.15, -0.1) is 11.3 Å². The molecule has 0 aliphatic heterocycles. The molecule has 0 unspecified atom stereocenters. The summed E-state index contributed by atoms with van der Waals surface area (Å²) in [5.74, 6) is -1.63. The van der Waals surface area contributed by atoms with Crippen LogP contribution in [-0.4, -0.2) is 16.7 Å². The molecule has 2 amide bonds. The topological polar surface area (TPSA) is 101 Å². The molecular formula is C18H11ClFN3O4S. The quantitative estimate of drug-likeness (QED) is 0.489. The number of nitro groups is 1. The number of carbonyl (C=O) groups excluding carboxylic acids is 2. The summed E-state index contributed by atoms with van der Waals surface area (Å²) < 4.78 is 13.0. The van der Waals surface area contributed by atoms with E-state index in [0.717, 1.165) is 22.6 Å². The molecule has 10 heteroatoms. The van der Waals surface area contributed by atoms with Crippen molar-refractivity contribution in [2.24, 2.45) is 0 Å². The average molecular weight is 420 g/mol. The third kappa shape index (κ3) is 4.33. The van der Waals surface area contributed by atoms with E-state index in [4.69, 9.17) is 11.6 Å². The Morgan fingerprint density at radius 2 is 1.68 bits per heavy atom. The van der Waals surface area contributed by atoms with Gasteiger partial charge in [0.2, 0.25) is 0 Å². The minimum atomic E-state index is -0.719. The van der Waals surface area contributed by atoms with Crippen LogP contribution in [0.25, 0.3) is 10.4 Å². The number of hydrogen-bond acceptors (Lipinski definition) is 5. The molecule has 0 atom stereocenters. The Morgan fingerprint density at radius 3 is 2.32 bits per heavy atom. The van der Waals surface area contributed by atoms with Gasteiger partial charge >= 0.3 is 0 Å². The maximum atomic E-state index is 13.0. The van der Waals surface area contributed by atoms with Crippen LogP contribution in [0.15, 0.2) is 54.6 Å². The molecule has 0 spiro atoms. The molecule has 0 fully saturated rings. The fourth-order valence-corrected chi connectivity index (χ4v) is 3.44. The number of halogens is 2. The first-order valence-corrected chi connectivity index (χ1v) is 8.95. The lowest BCUT2D eigenvalue weighted by Gasteiger charge is -2.07. The highest BCUT2D eigenvalue weighted by Gasteiger charge is 2.16. The van der Waals surface area contributed by atoms with Gasteiger partial charge in [0.05, 0.1) is 20.4 Å². The fourth-order valence-electron chi connectivity index (χ4n) is 2.27. The molecule has 0 bridgehead atoms. The first kappa shape index (κ1) is 19.5. The second kappa shape index (κ2) is 8.15. The number of hydrogen-bond donors (Lipinski definition) is 2. The molecule has 1 aromatic heterocycles. The number of nitrogens with zero attached hydrogens (tertiary/aromatic N) is 1. The second-order valence-corrected chi connectivity index (χ2v) is 6.99. The first-order chi connectivity index (χ1) is 13.3. The summed E-state index contributed by atoms with van der Waals surface area (Å²) in [5.41, 5.74) is 4.94. The van der Waals surface area contributed by atoms with Crippen molar-refractivity contribution < 1.29 is 18.9 Å². The van der Waals surface area contributed by atoms with Crippen molar-refractivity contribution in [1.29, 1.82) is 0 Å². The van der Waals surface area contributed by atoms with Crippen LogP contribution in [0.1, 0.15) is 20.0 Å². The number of nitrogens with one attached hydrogen (secondary N) is 2. The van der Waals surface area contributed by atoms with Gasteiger partial charge in [-0.3, -0.25) is 30.6 Å². The predicted molar refractivity (Wildman–Crippen MR) is 103 cm³/mol. The second-order valence-electron chi connectivity index (χ2n) is 5.50. The number of rotatable bonds is 4. The lowest BCUT2D eigenvalue weighted by atomic mass is 10.2. The van der Waals surface area contributed by atoms with E-state index in [9.17, 15) is 24.1 Å². The summed E-state index contributed by atoms with van der Waals surface area (Å²) >= 11 is 7.05. The van der Waals surface area contributed by atoms with E-state index >= 15 is 0 Å². The molecule has 142 valence electrons. The van der Waals surface area contributed by atoms with Crippen molar-refractivity contribution in [1.82, 2.24) is 10.9 Å². The molecule has 3 aromatic rings. The normalized spacial score (nSPS) is 10.4. The third-order valence-corrected chi connectivity index (χ3v) is 5.10. The van der Waals surface area contributed by atoms with Crippen LogP contribution in [-0.2, 0) is 0 Å². The van der Waals surface area contributed by atoms with E-state index in [-0.39, 0.29) is 22.1 Å². The Labute approximate surface area is 166 Å². The van der Waals surface area contributed by atoms with Crippen LogP contribution in [0.3, 0.4) is 0 Å². The van der Waals surface area contributed by atoms with Crippen molar-refractivity contribution in [2.75, 3.05) is 0 Å². The molecule has 0 aliphatic rings. The van der Waals surface area contributed by atoms with Crippen molar-refractivity contribution in [2.45, 2.75) is 0 Å². The van der Waals surface area contributed by atoms with E-state index in [1.54, 1.807) is 24.3 Å². The Balaban J connectivity index is 1.65. The lowest BCUT2D eigenvalue weighted by Crippen LogP contribution is -2.41. The van der Waals surface area contributed by atoms with E-state index in [1.807, 2.05) is 0 Å². The average Bonchev–Trinajstić information content (AvgIpc) is 3.16. The summed E-state index contributed by atoms with van der Waals surface area (Å²) in [5, 5.41) is 10.6. The monoisotopic (exact) mass is 419 g/mol. The van der Waals surface area contributed by atoms with Crippen LogP contribution in [0.5, 0.6) is 0 Å². The van der Waals surface area contributed by atoms with Crippen LogP contribution < -0.4 is 10.9 Å². The maximum absolute atomic E-state index is 13.0. The number of non-ortho nitro benzene ring substituents is 1. The van der Waals surface area contributed by atoms with Gasteiger partial charge in [-0.25, -0.2) is 4.39 Å². The van der Waals surface area contributed by atoms with Gasteiger partial charge in [0.1, 0.15) is 5.82 Å². The molecule has 3 rings (SSSR count). The number of carbonyl (C=O) groups is 2. The fraction of sp³-hybridized carbons (Fsp3) is 0. The van der Waals surface area contributed by atoms with Gasteiger partial charge in [-0.05, 0) is 35.9 Å². The van der Waals surface area contributed by atoms with Gasteiger partial charge in [-0.1, -0.05) is 23.7 Å². The van der Waals surface area contributed by atoms with E-state index in [2.05, 4.69) is 10.9 Å². The SMILES string of the molecule is O=C(NNC(=O)c1ccc([N+](=O)[O-])cc1Cl)c1ccc(-c2ccc(F)cc2)s1. The number of nitro benzene ring substituents is 1. The largest absolute Gasteiger partial charge is 0.279 e. The molecule has 28 heavy (non-hydrogen) atoms. The van der Waals surface area contributed by atoms with E-state index < -0.39 is 16.7 Å². The molecule has 7 nitrogen and oxygen atoms in total. The highest BCUT2D eigenvalue weighted by atomic mass is 35.5. The van der Waals surface area contributed by atoms with Crippen molar-refractivity contribution in [3.05, 3.63) is 86.0 Å². The zero-order valence-corrected chi connectivity index (χ0v) is 15.5. The molecule has 1 heterocycles. The Kier molecular flexibility index (Phi) is 5.67. The Bertz CT molecular complexity index is 1070. The highest BCUT2D eigenvalue weighted by Crippen LogP contribution is 2.28. The summed E-state index contributed by atoms with van der Waals surface area (Å²) in [6.07, 6.45) is 0. The summed E-state index contributed by atoms with van der Waals surface area (Å²) in [7, 11) is 0. The summed E-state index contributed by atoms with van der Waals surface area (Å²) in [6.45, 7) is 0. The Morgan fingerprint density at radius 1 is 1.00 bits per heavy atom. The van der Waals surface area contributed by atoms with Gasteiger partial charge in [0, 0.05) is 17.0 Å². The maximum Gasteiger partial charge on any atom is 0.279 e. The van der Waals surface area contributed by atoms with Crippen molar-refractivity contribution in [3.63, 3.8) is 0 Å². The zero-order valence-electron chi connectivity index (χ0n) is 13.9. The van der Waals surface area contributed by atoms with Crippen LogP contribution in [0.4, 0.5) is 10.1 Å². The molecule has 0 aliphatic carbocycles. The molecule has 0 saturated carbocycles. The number of thiophene rings is 1. The Hall–Kier alpha value is -3.30. The van der Waals surface area contributed by atoms with Crippen LogP contribution in [0.2, 0.25) is 5.02 Å². The molecule has 0 saturated heterocycles.